The van der Waals surface area contributed by atoms with Crippen LogP contribution in [0.5, 0.6) is 0 Å². The number of nitrogens with one attached hydrogen (secondary N) is 1. The molecule has 0 unspecified atom stereocenters. The summed E-state index contributed by atoms with van der Waals surface area (Å²) in [6.45, 7) is -1.63. The van der Waals surface area contributed by atoms with Gasteiger partial charge in [0.2, 0.25) is 0 Å². The molecule has 0 atom stereocenters. The molecule has 0 saturated carbocycles. The molecule has 0 aromatic heterocycles. The van der Waals surface area contributed by atoms with Gasteiger partial charge in [-0.05, 0) is 12.1 Å². The van der Waals surface area contributed by atoms with Crippen LogP contribution in [0.3, 0.4) is 0 Å². The van der Waals surface area contributed by atoms with Crippen LogP contribution in [0.15, 0.2) is 24.3 Å². The Kier molecular flexibility index (Phi) is 3.83. The Morgan fingerprint density at radius 3 is 2.50 bits per heavy atom. The summed E-state index contributed by atoms with van der Waals surface area (Å²) < 4.78 is 47.9. The Labute approximate surface area is 88.0 Å². The van der Waals surface area contributed by atoms with E-state index in [4.69, 9.17) is 0 Å². The van der Waals surface area contributed by atoms with E-state index in [-0.39, 0.29) is 5.56 Å². The van der Waals surface area contributed by atoms with E-state index in [0.717, 1.165) is 12.1 Å². The molecule has 0 spiro atoms. The molecular formula is C9H7F4NO2. The van der Waals surface area contributed by atoms with Gasteiger partial charge in [0.15, 0.2) is 6.61 Å². The van der Waals surface area contributed by atoms with Crippen molar-refractivity contribution in [3.8, 4) is 0 Å². The van der Waals surface area contributed by atoms with Gasteiger partial charge in [-0.15, -0.1) is 0 Å². The zero-order valence-corrected chi connectivity index (χ0v) is 7.84. The number of amides is 1. The summed E-state index contributed by atoms with van der Waals surface area (Å²) in [4.78, 5) is 15.0. The van der Waals surface area contributed by atoms with E-state index in [9.17, 15) is 22.4 Å². The molecule has 1 amide bonds. The minimum Gasteiger partial charge on any atom is -0.267 e. The Bertz CT molecular complexity index is 378. The highest BCUT2D eigenvalue weighted by molar-refractivity contribution is 5.93. The highest BCUT2D eigenvalue weighted by atomic mass is 19.4. The second-order valence-corrected chi connectivity index (χ2v) is 2.81. The Morgan fingerprint density at radius 2 is 1.94 bits per heavy atom. The fourth-order valence-electron chi connectivity index (χ4n) is 0.884. The van der Waals surface area contributed by atoms with Crippen LogP contribution in [0.2, 0.25) is 0 Å². The van der Waals surface area contributed by atoms with Crippen LogP contribution in [0, 0.1) is 5.82 Å². The van der Waals surface area contributed by atoms with Crippen molar-refractivity contribution in [1.29, 1.82) is 0 Å². The molecule has 0 aliphatic carbocycles. The molecule has 7 heteroatoms. The first-order chi connectivity index (χ1) is 7.40. The van der Waals surface area contributed by atoms with E-state index in [2.05, 4.69) is 4.84 Å². The number of hydrogen-bond donors (Lipinski definition) is 1. The summed E-state index contributed by atoms with van der Waals surface area (Å²) in [7, 11) is 0. The number of alkyl halides is 3. The van der Waals surface area contributed by atoms with Crippen molar-refractivity contribution in [2.75, 3.05) is 6.61 Å². The van der Waals surface area contributed by atoms with Gasteiger partial charge >= 0.3 is 6.18 Å². The maximum atomic E-state index is 13.0. The van der Waals surface area contributed by atoms with Crippen molar-refractivity contribution < 1.29 is 27.2 Å². The molecule has 0 radical (unpaired) electrons. The maximum absolute atomic E-state index is 13.0. The van der Waals surface area contributed by atoms with E-state index in [1.54, 1.807) is 0 Å². The zero-order valence-electron chi connectivity index (χ0n) is 7.84. The predicted molar refractivity (Wildman–Crippen MR) is 45.9 cm³/mol. The van der Waals surface area contributed by atoms with Gasteiger partial charge < -0.3 is 0 Å². The van der Waals surface area contributed by atoms with E-state index in [1.165, 1.54) is 17.6 Å². The van der Waals surface area contributed by atoms with Crippen LogP contribution in [-0.2, 0) is 4.84 Å². The van der Waals surface area contributed by atoms with Crippen molar-refractivity contribution in [3.05, 3.63) is 35.6 Å². The number of hydrogen-bond acceptors (Lipinski definition) is 2. The molecule has 1 rings (SSSR count). The molecule has 0 heterocycles. The smallest absolute Gasteiger partial charge is 0.267 e. The van der Waals surface area contributed by atoms with Crippen LogP contribution in [0.4, 0.5) is 17.6 Å². The minimum absolute atomic E-state index is 0.385. The number of carbonyl (C=O) groups excluding carboxylic acids is 1. The Hall–Kier alpha value is -1.63. The van der Waals surface area contributed by atoms with Gasteiger partial charge in [0.25, 0.3) is 5.91 Å². The third kappa shape index (κ3) is 3.85. The normalized spacial score (nSPS) is 11.2. The van der Waals surface area contributed by atoms with E-state index >= 15 is 0 Å². The largest absolute Gasteiger partial charge is 0.414 e. The molecule has 0 fully saturated rings. The molecule has 1 N–H and O–H groups in total. The first kappa shape index (κ1) is 12.4. The average Bonchev–Trinajstić information content (AvgIpc) is 2.16. The lowest BCUT2D eigenvalue weighted by Crippen LogP contribution is -2.30. The lowest BCUT2D eigenvalue weighted by molar-refractivity contribution is -0.184. The van der Waals surface area contributed by atoms with Gasteiger partial charge in [0.05, 0.1) is 5.56 Å². The topological polar surface area (TPSA) is 38.3 Å². The Morgan fingerprint density at radius 1 is 1.31 bits per heavy atom. The summed E-state index contributed by atoms with van der Waals surface area (Å²) in [5.74, 6) is -1.90. The Balaban J connectivity index is 2.51. The molecule has 0 aliphatic rings. The first-order valence-corrected chi connectivity index (χ1v) is 4.13. The number of hydroxylamine groups is 1. The standard InChI is InChI=1S/C9H7F4NO2/c10-7-4-2-1-3-6(7)8(15)14-16-5-9(11,12)13/h1-4H,5H2,(H,14,15). The SMILES string of the molecule is O=C(NOCC(F)(F)F)c1ccccc1F. The third-order valence-electron chi connectivity index (χ3n) is 1.52. The fourth-order valence-corrected chi connectivity index (χ4v) is 0.884. The fraction of sp³-hybridized carbons (Fsp3) is 0.222. The van der Waals surface area contributed by atoms with Crippen LogP contribution in [0.1, 0.15) is 10.4 Å². The number of carbonyl (C=O) groups is 1. The van der Waals surface area contributed by atoms with Gasteiger partial charge in [0, 0.05) is 0 Å². The molecule has 0 saturated heterocycles. The summed E-state index contributed by atoms with van der Waals surface area (Å²) in [5, 5.41) is 0. The number of halogens is 4. The van der Waals surface area contributed by atoms with Crippen molar-refractivity contribution in [2.45, 2.75) is 6.18 Å². The summed E-state index contributed by atoms with van der Waals surface area (Å²) in [5.41, 5.74) is 1.11. The third-order valence-corrected chi connectivity index (χ3v) is 1.52. The second-order valence-electron chi connectivity index (χ2n) is 2.81. The molecule has 0 aliphatic heterocycles. The van der Waals surface area contributed by atoms with Crippen molar-refractivity contribution >= 4 is 5.91 Å². The van der Waals surface area contributed by atoms with Crippen molar-refractivity contribution in [2.24, 2.45) is 0 Å². The first-order valence-electron chi connectivity index (χ1n) is 4.13. The highest BCUT2D eigenvalue weighted by Crippen LogP contribution is 2.14. The van der Waals surface area contributed by atoms with Gasteiger partial charge in [-0.1, -0.05) is 12.1 Å². The zero-order chi connectivity index (χ0) is 12.2. The molecule has 88 valence electrons. The second kappa shape index (κ2) is 4.93. The van der Waals surface area contributed by atoms with Gasteiger partial charge in [0.1, 0.15) is 5.82 Å². The van der Waals surface area contributed by atoms with Crippen LogP contribution in [0.25, 0.3) is 0 Å². The minimum atomic E-state index is -4.55. The number of benzene rings is 1. The van der Waals surface area contributed by atoms with Gasteiger partial charge in [-0.3, -0.25) is 9.63 Å². The number of rotatable bonds is 3. The quantitative estimate of drug-likeness (QED) is 0.645. The lowest BCUT2D eigenvalue weighted by Gasteiger charge is -2.08. The summed E-state index contributed by atoms with van der Waals surface area (Å²) in [6, 6.07) is 4.87. The van der Waals surface area contributed by atoms with Crippen LogP contribution < -0.4 is 5.48 Å². The van der Waals surface area contributed by atoms with Gasteiger partial charge in [-0.25, -0.2) is 9.87 Å². The van der Waals surface area contributed by atoms with Crippen LogP contribution in [-0.4, -0.2) is 18.7 Å². The van der Waals surface area contributed by atoms with E-state index in [1.807, 2.05) is 0 Å². The molecule has 1 aromatic rings. The lowest BCUT2D eigenvalue weighted by atomic mass is 10.2. The maximum Gasteiger partial charge on any atom is 0.414 e. The van der Waals surface area contributed by atoms with Crippen LogP contribution >= 0.6 is 0 Å². The van der Waals surface area contributed by atoms with E-state index in [0.29, 0.717) is 0 Å². The highest BCUT2D eigenvalue weighted by Gasteiger charge is 2.28. The summed E-state index contributed by atoms with van der Waals surface area (Å²) >= 11 is 0. The molecule has 1 aromatic carbocycles. The van der Waals surface area contributed by atoms with Gasteiger partial charge in [-0.2, -0.15) is 13.2 Å². The van der Waals surface area contributed by atoms with E-state index < -0.39 is 24.5 Å². The molecular weight excluding hydrogens is 230 g/mol. The molecule has 0 bridgehead atoms. The molecule has 3 nitrogen and oxygen atoms in total. The summed E-state index contributed by atoms with van der Waals surface area (Å²) in [6.07, 6.45) is -4.55. The monoisotopic (exact) mass is 237 g/mol. The molecule has 16 heavy (non-hydrogen) atoms. The van der Waals surface area contributed by atoms with Crippen molar-refractivity contribution in [1.82, 2.24) is 5.48 Å². The van der Waals surface area contributed by atoms with Crippen molar-refractivity contribution in [3.63, 3.8) is 0 Å². The predicted octanol–water partition coefficient (Wildman–Crippen LogP) is 2.05. The average molecular weight is 237 g/mol.